The van der Waals surface area contributed by atoms with Crippen molar-refractivity contribution in [1.82, 2.24) is 10.6 Å². The van der Waals surface area contributed by atoms with E-state index >= 15 is 0 Å². The maximum atomic E-state index is 5.37. The molecular formula is C15H22IN3O2S. The minimum Gasteiger partial charge on any atom is -0.454 e. The number of ether oxygens (including phenoxy) is 2. The van der Waals surface area contributed by atoms with E-state index in [-0.39, 0.29) is 24.0 Å². The lowest BCUT2D eigenvalue weighted by Gasteiger charge is -2.12. The maximum Gasteiger partial charge on any atom is 0.231 e. The third-order valence-corrected chi connectivity index (χ3v) is 3.86. The average molecular weight is 435 g/mol. The van der Waals surface area contributed by atoms with Crippen LogP contribution in [0, 0.1) is 0 Å². The molecule has 0 spiro atoms. The van der Waals surface area contributed by atoms with Crippen molar-refractivity contribution in [2.75, 3.05) is 31.9 Å². The number of fused-ring (bicyclic) bond motifs is 1. The van der Waals surface area contributed by atoms with E-state index in [4.69, 9.17) is 9.47 Å². The Bertz CT molecular complexity index is 512. The molecule has 0 saturated heterocycles. The zero-order valence-corrected chi connectivity index (χ0v) is 15.8. The van der Waals surface area contributed by atoms with E-state index in [1.807, 2.05) is 36.0 Å². The van der Waals surface area contributed by atoms with Crippen molar-refractivity contribution in [2.24, 2.45) is 4.99 Å². The molecule has 0 amide bonds. The van der Waals surface area contributed by atoms with Gasteiger partial charge in [-0.25, -0.2) is 0 Å². The van der Waals surface area contributed by atoms with E-state index in [2.05, 4.69) is 22.2 Å². The molecule has 122 valence electrons. The second kappa shape index (κ2) is 10.6. The number of guanidine groups is 1. The van der Waals surface area contributed by atoms with Crippen molar-refractivity contribution in [2.45, 2.75) is 6.54 Å². The first-order chi connectivity index (χ1) is 10.3. The first-order valence-electron chi connectivity index (χ1n) is 6.85. The Balaban J connectivity index is 0.00000242. The highest BCUT2D eigenvalue weighted by Crippen LogP contribution is 2.32. The zero-order chi connectivity index (χ0) is 14.9. The van der Waals surface area contributed by atoms with Crippen LogP contribution in [-0.4, -0.2) is 37.9 Å². The molecule has 0 unspecified atom stereocenters. The summed E-state index contributed by atoms with van der Waals surface area (Å²) in [5.41, 5.74) is 1.13. The van der Waals surface area contributed by atoms with Crippen molar-refractivity contribution in [1.29, 1.82) is 0 Å². The number of nitrogens with one attached hydrogen (secondary N) is 2. The average Bonchev–Trinajstić information content (AvgIpc) is 2.97. The third kappa shape index (κ3) is 5.96. The fourth-order valence-corrected chi connectivity index (χ4v) is 2.45. The monoisotopic (exact) mass is 435 g/mol. The minimum absolute atomic E-state index is 0. The molecule has 0 atom stereocenters. The largest absolute Gasteiger partial charge is 0.454 e. The molecule has 0 fully saturated rings. The van der Waals surface area contributed by atoms with E-state index in [0.29, 0.717) is 13.3 Å². The Morgan fingerprint density at radius 1 is 1.36 bits per heavy atom. The molecular weight excluding hydrogens is 413 g/mol. The van der Waals surface area contributed by atoms with Gasteiger partial charge in [0.15, 0.2) is 17.5 Å². The number of nitrogens with zero attached hydrogens (tertiary/aromatic N) is 1. The Morgan fingerprint density at radius 2 is 2.18 bits per heavy atom. The van der Waals surface area contributed by atoms with Gasteiger partial charge in [-0.3, -0.25) is 4.99 Å². The van der Waals surface area contributed by atoms with Crippen LogP contribution in [-0.2, 0) is 6.54 Å². The highest BCUT2D eigenvalue weighted by atomic mass is 127. The molecule has 1 heterocycles. The standard InChI is InChI=1S/C15H21N3O2S.HI/c1-3-7-21-8-6-17-15(16-2)18-10-12-4-5-13-14(9-12)20-11-19-13;/h3-5,9H,1,6-8,10-11H2,2H3,(H2,16,17,18);1H. The SMILES string of the molecule is C=CCSCCNC(=NC)NCc1ccc2c(c1)OCO2.I. The lowest BCUT2D eigenvalue weighted by atomic mass is 10.2. The van der Waals surface area contributed by atoms with Crippen molar-refractivity contribution in [3.05, 3.63) is 36.4 Å². The zero-order valence-electron chi connectivity index (χ0n) is 12.6. The van der Waals surface area contributed by atoms with Gasteiger partial charge in [-0.1, -0.05) is 12.1 Å². The molecule has 1 aromatic rings. The molecule has 1 aliphatic heterocycles. The van der Waals surface area contributed by atoms with Gasteiger partial charge in [0.05, 0.1) is 0 Å². The highest BCUT2D eigenvalue weighted by molar-refractivity contribution is 14.0. The second-order valence-corrected chi connectivity index (χ2v) is 5.55. The predicted octanol–water partition coefficient (Wildman–Crippen LogP) is 2.62. The van der Waals surface area contributed by atoms with Crippen molar-refractivity contribution >= 4 is 41.7 Å². The number of hydrogen-bond donors (Lipinski definition) is 2. The van der Waals surface area contributed by atoms with Gasteiger partial charge in [0.25, 0.3) is 0 Å². The molecule has 2 N–H and O–H groups in total. The number of aliphatic imine (C=N–C) groups is 1. The predicted molar refractivity (Wildman–Crippen MR) is 104 cm³/mol. The van der Waals surface area contributed by atoms with Gasteiger partial charge in [-0.05, 0) is 17.7 Å². The summed E-state index contributed by atoms with van der Waals surface area (Å²) in [5.74, 6) is 4.41. The van der Waals surface area contributed by atoms with Crippen LogP contribution in [0.1, 0.15) is 5.56 Å². The molecule has 5 nitrogen and oxygen atoms in total. The topological polar surface area (TPSA) is 54.9 Å². The van der Waals surface area contributed by atoms with Crippen LogP contribution in [0.15, 0.2) is 35.8 Å². The number of thioether (sulfide) groups is 1. The van der Waals surface area contributed by atoms with Crippen molar-refractivity contribution in [3.63, 3.8) is 0 Å². The van der Waals surface area contributed by atoms with Gasteiger partial charge in [-0.15, -0.1) is 30.6 Å². The van der Waals surface area contributed by atoms with Gasteiger partial charge in [0.2, 0.25) is 6.79 Å². The Hall–Kier alpha value is -1.09. The van der Waals surface area contributed by atoms with Crippen LogP contribution in [0.3, 0.4) is 0 Å². The van der Waals surface area contributed by atoms with Gasteiger partial charge >= 0.3 is 0 Å². The quantitative estimate of drug-likeness (QED) is 0.227. The molecule has 22 heavy (non-hydrogen) atoms. The molecule has 1 aliphatic rings. The summed E-state index contributed by atoms with van der Waals surface area (Å²) in [7, 11) is 1.77. The van der Waals surface area contributed by atoms with E-state index in [0.717, 1.165) is 41.1 Å². The van der Waals surface area contributed by atoms with Crippen molar-refractivity contribution in [3.8, 4) is 11.5 Å². The van der Waals surface area contributed by atoms with E-state index in [1.165, 1.54) is 0 Å². The van der Waals surface area contributed by atoms with Crippen LogP contribution in [0.25, 0.3) is 0 Å². The third-order valence-electron chi connectivity index (χ3n) is 2.90. The molecule has 0 radical (unpaired) electrons. The molecule has 7 heteroatoms. The molecule has 0 aromatic heterocycles. The lowest BCUT2D eigenvalue weighted by molar-refractivity contribution is 0.174. The van der Waals surface area contributed by atoms with Crippen LogP contribution in [0.5, 0.6) is 11.5 Å². The molecule has 0 saturated carbocycles. The van der Waals surface area contributed by atoms with Gasteiger partial charge in [-0.2, -0.15) is 11.8 Å². The normalized spacial score (nSPS) is 12.5. The van der Waals surface area contributed by atoms with E-state index in [1.54, 1.807) is 7.05 Å². The van der Waals surface area contributed by atoms with Crippen LogP contribution < -0.4 is 20.1 Å². The molecule has 0 bridgehead atoms. The lowest BCUT2D eigenvalue weighted by Crippen LogP contribution is -2.37. The molecule has 2 rings (SSSR count). The number of hydrogen-bond acceptors (Lipinski definition) is 4. The summed E-state index contributed by atoms with van der Waals surface area (Å²) < 4.78 is 10.7. The molecule has 0 aliphatic carbocycles. The van der Waals surface area contributed by atoms with Gasteiger partial charge < -0.3 is 20.1 Å². The number of halogens is 1. The second-order valence-electron chi connectivity index (χ2n) is 4.40. The van der Waals surface area contributed by atoms with Crippen LogP contribution >= 0.6 is 35.7 Å². The summed E-state index contributed by atoms with van der Waals surface area (Å²) in [4.78, 5) is 4.20. The maximum absolute atomic E-state index is 5.37. The van der Waals surface area contributed by atoms with Crippen LogP contribution in [0.4, 0.5) is 0 Å². The fourth-order valence-electron chi connectivity index (χ4n) is 1.87. The van der Waals surface area contributed by atoms with E-state index in [9.17, 15) is 0 Å². The number of rotatable bonds is 7. The summed E-state index contributed by atoms with van der Waals surface area (Å²) in [5, 5.41) is 6.56. The smallest absolute Gasteiger partial charge is 0.231 e. The first kappa shape index (κ1) is 19.0. The Labute approximate surface area is 153 Å². The Kier molecular flexibility index (Phi) is 9.14. The summed E-state index contributed by atoms with van der Waals surface area (Å²) in [6, 6.07) is 5.94. The fraction of sp³-hybridized carbons (Fsp3) is 0.400. The summed E-state index contributed by atoms with van der Waals surface area (Å²) in [6.45, 7) is 5.57. The van der Waals surface area contributed by atoms with E-state index < -0.39 is 0 Å². The van der Waals surface area contributed by atoms with Crippen molar-refractivity contribution < 1.29 is 9.47 Å². The Morgan fingerprint density at radius 3 is 2.95 bits per heavy atom. The van der Waals surface area contributed by atoms with Gasteiger partial charge in [0, 0.05) is 31.6 Å². The van der Waals surface area contributed by atoms with Crippen LogP contribution in [0.2, 0.25) is 0 Å². The minimum atomic E-state index is 0. The summed E-state index contributed by atoms with van der Waals surface area (Å²) in [6.07, 6.45) is 1.91. The summed E-state index contributed by atoms with van der Waals surface area (Å²) >= 11 is 1.84. The van der Waals surface area contributed by atoms with Gasteiger partial charge in [0.1, 0.15) is 0 Å². The molecule has 1 aromatic carbocycles. The first-order valence-corrected chi connectivity index (χ1v) is 8.00. The highest BCUT2D eigenvalue weighted by Gasteiger charge is 2.13. The number of benzene rings is 1.